The zero-order valence-corrected chi connectivity index (χ0v) is 23.9. The number of hydrogen-bond donors (Lipinski definition) is 4. The van der Waals surface area contributed by atoms with E-state index in [0.29, 0.717) is 32.2 Å². The number of methoxy groups -OCH3 is 1. The van der Waals surface area contributed by atoms with E-state index in [2.05, 4.69) is 47.0 Å². The standard InChI is InChI=1S/C35H39N3O4/c1-42-30-22-20-29(21-23-30)35(27-15-7-3-8-16-27,28-17-9-4-10-18-28)37-24-12-11-19-32(34(40)41)38-33(39)31(36)25-26-13-5-2-6-14-26/h2-10,13-18,20-23,31-32,37H,11-12,19,24-25,36H2,1H3,(H,38,39)(H,40,41)/t31-,32-/m0/s1. The SMILES string of the molecule is COc1ccc(C(NCCCC[C@H](NC(=O)[C@@H](N)Cc2ccccc2)C(=O)O)(c2ccccc2)c2ccccc2)cc1. The quantitative estimate of drug-likeness (QED) is 0.121. The zero-order valence-electron chi connectivity index (χ0n) is 23.9. The smallest absolute Gasteiger partial charge is 0.326 e. The number of nitrogens with two attached hydrogens (primary N) is 1. The van der Waals surface area contributed by atoms with Crippen LogP contribution in [0.4, 0.5) is 0 Å². The molecule has 0 bridgehead atoms. The van der Waals surface area contributed by atoms with Gasteiger partial charge in [0.1, 0.15) is 11.8 Å². The van der Waals surface area contributed by atoms with E-state index in [1.165, 1.54) is 0 Å². The molecule has 0 aliphatic carbocycles. The summed E-state index contributed by atoms with van der Waals surface area (Å²) >= 11 is 0. The van der Waals surface area contributed by atoms with Crippen molar-refractivity contribution in [1.29, 1.82) is 0 Å². The Morgan fingerprint density at radius 1 is 0.786 bits per heavy atom. The maximum atomic E-state index is 12.7. The van der Waals surface area contributed by atoms with Crippen molar-refractivity contribution in [1.82, 2.24) is 10.6 Å². The Morgan fingerprint density at radius 3 is 1.83 bits per heavy atom. The monoisotopic (exact) mass is 565 g/mol. The summed E-state index contributed by atoms with van der Waals surface area (Å²) in [5, 5.41) is 16.2. The highest BCUT2D eigenvalue weighted by atomic mass is 16.5. The molecule has 4 aromatic rings. The second kappa shape index (κ2) is 15.0. The van der Waals surface area contributed by atoms with E-state index in [1.54, 1.807) is 7.11 Å². The first kappa shape index (κ1) is 30.5. The maximum Gasteiger partial charge on any atom is 0.326 e. The lowest BCUT2D eigenvalue weighted by Gasteiger charge is -2.37. The summed E-state index contributed by atoms with van der Waals surface area (Å²) in [6.45, 7) is 0.615. The summed E-state index contributed by atoms with van der Waals surface area (Å²) in [5.41, 5.74) is 9.60. The number of aliphatic carboxylic acids is 1. The Hall–Kier alpha value is -4.46. The Balaban J connectivity index is 1.45. The highest BCUT2D eigenvalue weighted by Crippen LogP contribution is 2.37. The van der Waals surface area contributed by atoms with Gasteiger partial charge in [-0.3, -0.25) is 10.1 Å². The van der Waals surface area contributed by atoms with E-state index in [0.717, 1.165) is 28.0 Å². The molecule has 0 saturated carbocycles. The first-order valence-corrected chi connectivity index (χ1v) is 14.3. The minimum Gasteiger partial charge on any atom is -0.497 e. The molecule has 2 atom stereocenters. The maximum absolute atomic E-state index is 12.7. The van der Waals surface area contributed by atoms with Crippen molar-refractivity contribution < 1.29 is 19.4 Å². The molecule has 5 N–H and O–H groups in total. The third kappa shape index (κ3) is 7.63. The molecule has 0 spiro atoms. The normalized spacial score (nSPS) is 12.7. The van der Waals surface area contributed by atoms with Gasteiger partial charge in [0.05, 0.1) is 18.7 Å². The van der Waals surface area contributed by atoms with Gasteiger partial charge in [0.2, 0.25) is 5.91 Å². The molecule has 0 aliphatic rings. The van der Waals surface area contributed by atoms with E-state index < -0.39 is 29.5 Å². The lowest BCUT2D eigenvalue weighted by molar-refractivity contribution is -0.142. The average Bonchev–Trinajstić information content (AvgIpc) is 3.03. The van der Waals surface area contributed by atoms with Gasteiger partial charge in [-0.1, -0.05) is 103 Å². The van der Waals surface area contributed by atoms with E-state index in [4.69, 9.17) is 10.5 Å². The summed E-state index contributed by atoms with van der Waals surface area (Å²) in [6.07, 6.45) is 1.94. The number of ether oxygens (including phenoxy) is 1. The van der Waals surface area contributed by atoms with Crippen molar-refractivity contribution in [2.75, 3.05) is 13.7 Å². The van der Waals surface area contributed by atoms with Crippen LogP contribution in [0.2, 0.25) is 0 Å². The van der Waals surface area contributed by atoms with Gasteiger partial charge in [0.15, 0.2) is 0 Å². The molecule has 0 aliphatic heterocycles. The summed E-state index contributed by atoms with van der Waals surface area (Å²) in [4.78, 5) is 24.6. The lowest BCUT2D eigenvalue weighted by Crippen LogP contribution is -2.49. The number of carboxylic acid groups (broad SMARTS) is 1. The molecule has 0 aromatic heterocycles. The number of hydrogen-bond acceptors (Lipinski definition) is 5. The molecule has 4 aromatic carbocycles. The third-order valence-corrected chi connectivity index (χ3v) is 7.50. The first-order chi connectivity index (χ1) is 20.4. The predicted octanol–water partition coefficient (Wildman–Crippen LogP) is 4.89. The fraction of sp³-hybridized carbons (Fsp3) is 0.257. The van der Waals surface area contributed by atoms with Gasteiger partial charge in [-0.25, -0.2) is 4.79 Å². The molecule has 4 rings (SSSR count). The van der Waals surface area contributed by atoms with Crippen LogP contribution in [-0.4, -0.2) is 42.7 Å². The third-order valence-electron chi connectivity index (χ3n) is 7.50. The number of rotatable bonds is 15. The van der Waals surface area contributed by atoms with Crippen molar-refractivity contribution in [3.8, 4) is 5.75 Å². The molecular formula is C35H39N3O4. The Bertz CT molecular complexity index is 1360. The van der Waals surface area contributed by atoms with Crippen LogP contribution in [0.5, 0.6) is 5.75 Å². The van der Waals surface area contributed by atoms with Crippen molar-refractivity contribution in [3.05, 3.63) is 138 Å². The number of carbonyl (C=O) groups excluding carboxylic acids is 1. The average molecular weight is 566 g/mol. The van der Waals surface area contributed by atoms with Gasteiger partial charge in [-0.15, -0.1) is 0 Å². The Morgan fingerprint density at radius 2 is 1.31 bits per heavy atom. The molecule has 0 unspecified atom stereocenters. The summed E-state index contributed by atoms with van der Waals surface area (Å²) < 4.78 is 5.41. The van der Waals surface area contributed by atoms with Gasteiger partial charge >= 0.3 is 5.97 Å². The lowest BCUT2D eigenvalue weighted by atomic mass is 9.77. The van der Waals surface area contributed by atoms with Crippen LogP contribution in [0.25, 0.3) is 0 Å². The van der Waals surface area contributed by atoms with E-state index in [1.807, 2.05) is 78.9 Å². The van der Waals surface area contributed by atoms with Gasteiger partial charge in [-0.05, 0) is 66.6 Å². The van der Waals surface area contributed by atoms with Crippen LogP contribution in [0.3, 0.4) is 0 Å². The first-order valence-electron chi connectivity index (χ1n) is 14.3. The molecular weight excluding hydrogens is 526 g/mol. The van der Waals surface area contributed by atoms with Crippen molar-refractivity contribution in [2.24, 2.45) is 5.73 Å². The summed E-state index contributed by atoms with van der Waals surface area (Å²) in [5.74, 6) is -0.751. The minimum absolute atomic E-state index is 0.299. The van der Waals surface area contributed by atoms with E-state index in [-0.39, 0.29) is 0 Å². The second-order valence-electron chi connectivity index (χ2n) is 10.3. The van der Waals surface area contributed by atoms with E-state index >= 15 is 0 Å². The van der Waals surface area contributed by atoms with Crippen LogP contribution in [-0.2, 0) is 21.5 Å². The van der Waals surface area contributed by atoms with Crippen molar-refractivity contribution >= 4 is 11.9 Å². The second-order valence-corrected chi connectivity index (χ2v) is 10.3. The van der Waals surface area contributed by atoms with Crippen molar-refractivity contribution in [3.63, 3.8) is 0 Å². The largest absolute Gasteiger partial charge is 0.497 e. The summed E-state index contributed by atoms with van der Waals surface area (Å²) in [6, 6.07) is 36.2. The molecule has 0 fully saturated rings. The fourth-order valence-corrected chi connectivity index (χ4v) is 5.27. The topological polar surface area (TPSA) is 114 Å². The number of carbonyl (C=O) groups is 2. The number of benzene rings is 4. The minimum atomic E-state index is -1.07. The number of carboxylic acids is 1. The van der Waals surface area contributed by atoms with Crippen molar-refractivity contribution in [2.45, 2.75) is 43.3 Å². The van der Waals surface area contributed by atoms with Crippen LogP contribution >= 0.6 is 0 Å². The number of amides is 1. The fourth-order valence-electron chi connectivity index (χ4n) is 5.27. The van der Waals surface area contributed by atoms with Crippen LogP contribution in [0.15, 0.2) is 115 Å². The molecule has 7 heteroatoms. The van der Waals surface area contributed by atoms with Gasteiger partial charge in [-0.2, -0.15) is 0 Å². The molecule has 0 radical (unpaired) electrons. The van der Waals surface area contributed by atoms with E-state index in [9.17, 15) is 14.7 Å². The highest BCUT2D eigenvalue weighted by Gasteiger charge is 2.35. The Kier molecular flexibility index (Phi) is 10.9. The zero-order chi connectivity index (χ0) is 29.8. The van der Waals surface area contributed by atoms with Crippen LogP contribution in [0, 0.1) is 0 Å². The molecule has 7 nitrogen and oxygen atoms in total. The number of unbranched alkanes of at least 4 members (excludes halogenated alkanes) is 1. The molecule has 1 amide bonds. The molecule has 218 valence electrons. The summed E-state index contributed by atoms with van der Waals surface area (Å²) in [7, 11) is 1.65. The van der Waals surface area contributed by atoms with Crippen LogP contribution in [0.1, 0.15) is 41.5 Å². The molecule has 42 heavy (non-hydrogen) atoms. The molecule has 0 heterocycles. The van der Waals surface area contributed by atoms with Gasteiger partial charge < -0.3 is 20.9 Å². The Labute approximate surface area is 247 Å². The van der Waals surface area contributed by atoms with Gasteiger partial charge in [0.25, 0.3) is 0 Å². The molecule has 0 saturated heterocycles. The van der Waals surface area contributed by atoms with Crippen LogP contribution < -0.4 is 21.1 Å². The van der Waals surface area contributed by atoms with Gasteiger partial charge in [0, 0.05) is 0 Å². The predicted molar refractivity (Wildman–Crippen MR) is 165 cm³/mol. The highest BCUT2D eigenvalue weighted by molar-refractivity contribution is 5.86. The number of nitrogens with one attached hydrogen (secondary N) is 2.